The number of aryl methyl sites for hydroxylation is 1. The Balaban J connectivity index is 2.04. The lowest BCUT2D eigenvalue weighted by Gasteiger charge is -2.23. The van der Waals surface area contributed by atoms with Gasteiger partial charge in [-0.25, -0.2) is 4.79 Å². The molecule has 0 saturated heterocycles. The van der Waals surface area contributed by atoms with Crippen molar-refractivity contribution in [1.82, 2.24) is 4.57 Å². The van der Waals surface area contributed by atoms with E-state index in [0.717, 1.165) is 46.6 Å². The van der Waals surface area contributed by atoms with Crippen molar-refractivity contribution in [3.05, 3.63) is 53.2 Å². The first-order valence-electron chi connectivity index (χ1n) is 9.36. The minimum Gasteiger partial charge on any atom is -0.508 e. The molecule has 0 saturated carbocycles. The van der Waals surface area contributed by atoms with Crippen molar-refractivity contribution in [1.29, 1.82) is 0 Å². The van der Waals surface area contributed by atoms with Gasteiger partial charge in [0.25, 0.3) is 0 Å². The van der Waals surface area contributed by atoms with Crippen LogP contribution in [-0.4, -0.2) is 37.0 Å². The van der Waals surface area contributed by atoms with Crippen molar-refractivity contribution in [2.75, 3.05) is 21.3 Å². The standard InChI is InChI=1S/C23H23NO5/c1-13-20(14-5-7-16(25)8-6-14)21(23(26)29-4)22-17-12-19(28-3)18(27-2)11-15(17)9-10-24(13)22/h5-8,11-12,25H,9-10H2,1-4H3. The largest absolute Gasteiger partial charge is 0.508 e. The summed E-state index contributed by atoms with van der Waals surface area (Å²) < 4.78 is 18.3. The van der Waals surface area contributed by atoms with Crippen LogP contribution in [0.4, 0.5) is 0 Å². The molecule has 6 heteroatoms. The van der Waals surface area contributed by atoms with Crippen molar-refractivity contribution in [2.45, 2.75) is 19.9 Å². The molecule has 2 aromatic carbocycles. The van der Waals surface area contributed by atoms with E-state index in [0.29, 0.717) is 17.1 Å². The fraction of sp³-hybridized carbons (Fsp3) is 0.261. The SMILES string of the molecule is COC(=O)c1c(-c2ccc(O)cc2)c(C)n2c1-c1cc(OC)c(OC)cc1CC2. The van der Waals surface area contributed by atoms with Crippen LogP contribution in [0.25, 0.3) is 22.4 Å². The van der Waals surface area contributed by atoms with Crippen molar-refractivity contribution < 1.29 is 24.1 Å². The molecule has 0 atom stereocenters. The smallest absolute Gasteiger partial charge is 0.340 e. The molecule has 29 heavy (non-hydrogen) atoms. The zero-order valence-electron chi connectivity index (χ0n) is 16.9. The Labute approximate surface area is 169 Å². The van der Waals surface area contributed by atoms with Gasteiger partial charge in [-0.15, -0.1) is 0 Å². The van der Waals surface area contributed by atoms with Crippen LogP contribution in [-0.2, 0) is 17.7 Å². The van der Waals surface area contributed by atoms with E-state index in [1.165, 1.54) is 7.11 Å². The highest BCUT2D eigenvalue weighted by Crippen LogP contribution is 2.45. The number of fused-ring (bicyclic) bond motifs is 3. The third kappa shape index (κ3) is 2.92. The summed E-state index contributed by atoms with van der Waals surface area (Å²) in [7, 11) is 4.60. The maximum Gasteiger partial charge on any atom is 0.340 e. The van der Waals surface area contributed by atoms with Gasteiger partial charge in [-0.3, -0.25) is 0 Å². The van der Waals surface area contributed by atoms with Crippen LogP contribution in [0, 0.1) is 6.92 Å². The van der Waals surface area contributed by atoms with E-state index in [1.807, 2.05) is 31.2 Å². The Kier molecular flexibility index (Phi) is 4.70. The normalized spacial score (nSPS) is 12.1. The molecule has 0 spiro atoms. The van der Waals surface area contributed by atoms with Crippen LogP contribution >= 0.6 is 0 Å². The molecule has 0 bridgehead atoms. The van der Waals surface area contributed by atoms with E-state index < -0.39 is 5.97 Å². The summed E-state index contributed by atoms with van der Waals surface area (Å²) in [6, 6.07) is 10.8. The Morgan fingerprint density at radius 1 is 1.03 bits per heavy atom. The number of aromatic nitrogens is 1. The number of rotatable bonds is 4. The average Bonchev–Trinajstić information content (AvgIpc) is 3.05. The molecule has 150 valence electrons. The summed E-state index contributed by atoms with van der Waals surface area (Å²) in [5.41, 5.74) is 6.01. The molecule has 4 rings (SSSR count). The molecule has 0 radical (unpaired) electrons. The maximum absolute atomic E-state index is 12.9. The van der Waals surface area contributed by atoms with Gasteiger partial charge in [0.05, 0.1) is 32.6 Å². The van der Waals surface area contributed by atoms with E-state index in [1.54, 1.807) is 26.4 Å². The number of esters is 1. The van der Waals surface area contributed by atoms with Crippen LogP contribution in [0.5, 0.6) is 17.2 Å². The van der Waals surface area contributed by atoms with Crippen molar-refractivity contribution in [3.63, 3.8) is 0 Å². The van der Waals surface area contributed by atoms with E-state index in [4.69, 9.17) is 14.2 Å². The Hall–Kier alpha value is -3.41. The van der Waals surface area contributed by atoms with Gasteiger partial charge in [-0.05, 0) is 48.7 Å². The lowest BCUT2D eigenvalue weighted by molar-refractivity contribution is 0.0602. The molecule has 0 aliphatic carbocycles. The molecule has 0 fully saturated rings. The van der Waals surface area contributed by atoms with E-state index >= 15 is 0 Å². The quantitative estimate of drug-likeness (QED) is 0.673. The summed E-state index contributed by atoms with van der Waals surface area (Å²) in [5.74, 6) is 1.06. The lowest BCUT2D eigenvalue weighted by atomic mass is 9.93. The summed E-state index contributed by atoms with van der Waals surface area (Å²) in [5, 5.41) is 9.67. The fourth-order valence-electron chi connectivity index (χ4n) is 4.16. The fourth-order valence-corrected chi connectivity index (χ4v) is 4.16. The second-order valence-electron chi connectivity index (χ2n) is 6.99. The van der Waals surface area contributed by atoms with Gasteiger partial charge in [0, 0.05) is 23.4 Å². The molecule has 1 aliphatic heterocycles. The monoisotopic (exact) mass is 393 g/mol. The molecule has 6 nitrogen and oxygen atoms in total. The van der Waals surface area contributed by atoms with Crippen molar-refractivity contribution in [3.8, 4) is 39.6 Å². The first kappa shape index (κ1) is 18.9. The Morgan fingerprint density at radius 2 is 1.69 bits per heavy atom. The van der Waals surface area contributed by atoms with Gasteiger partial charge >= 0.3 is 5.97 Å². The number of ether oxygens (including phenoxy) is 3. The first-order valence-corrected chi connectivity index (χ1v) is 9.36. The number of hydrogen-bond acceptors (Lipinski definition) is 5. The number of carbonyl (C=O) groups is 1. The number of nitrogens with zero attached hydrogens (tertiary/aromatic N) is 1. The zero-order chi connectivity index (χ0) is 20.7. The molecule has 1 aliphatic rings. The molecule has 0 amide bonds. The number of hydrogen-bond donors (Lipinski definition) is 1. The van der Waals surface area contributed by atoms with Crippen molar-refractivity contribution >= 4 is 5.97 Å². The van der Waals surface area contributed by atoms with E-state index in [-0.39, 0.29) is 5.75 Å². The van der Waals surface area contributed by atoms with Crippen LogP contribution in [0.15, 0.2) is 36.4 Å². The topological polar surface area (TPSA) is 69.9 Å². The molecule has 1 N–H and O–H groups in total. The number of methoxy groups -OCH3 is 3. The number of phenolic OH excluding ortho intramolecular Hbond substituents is 1. The third-order valence-corrected chi connectivity index (χ3v) is 5.54. The van der Waals surface area contributed by atoms with Gasteiger partial charge < -0.3 is 23.9 Å². The maximum atomic E-state index is 12.9. The Bertz CT molecular complexity index is 1100. The van der Waals surface area contributed by atoms with Gasteiger partial charge in [0.15, 0.2) is 11.5 Å². The first-order chi connectivity index (χ1) is 14.0. The number of aromatic hydroxyl groups is 1. The summed E-state index contributed by atoms with van der Waals surface area (Å²) in [6.07, 6.45) is 0.813. The van der Waals surface area contributed by atoms with Crippen LogP contribution < -0.4 is 9.47 Å². The van der Waals surface area contributed by atoms with Gasteiger partial charge in [0.2, 0.25) is 0 Å². The lowest BCUT2D eigenvalue weighted by Crippen LogP contribution is -2.14. The predicted molar refractivity (Wildman–Crippen MR) is 110 cm³/mol. The highest BCUT2D eigenvalue weighted by Gasteiger charge is 2.32. The molecular formula is C23H23NO5. The number of benzene rings is 2. The summed E-state index contributed by atoms with van der Waals surface area (Å²) in [6.45, 7) is 2.75. The molecule has 0 unspecified atom stereocenters. The Morgan fingerprint density at radius 3 is 2.31 bits per heavy atom. The van der Waals surface area contributed by atoms with Crippen LogP contribution in [0.2, 0.25) is 0 Å². The van der Waals surface area contributed by atoms with E-state index in [2.05, 4.69) is 4.57 Å². The van der Waals surface area contributed by atoms with Crippen LogP contribution in [0.1, 0.15) is 21.6 Å². The van der Waals surface area contributed by atoms with Gasteiger partial charge in [-0.1, -0.05) is 12.1 Å². The predicted octanol–water partition coefficient (Wildman–Crippen LogP) is 4.20. The number of phenols is 1. The highest BCUT2D eigenvalue weighted by atomic mass is 16.5. The summed E-state index contributed by atoms with van der Waals surface area (Å²) >= 11 is 0. The van der Waals surface area contributed by atoms with Gasteiger partial charge in [0.1, 0.15) is 5.75 Å². The summed E-state index contributed by atoms with van der Waals surface area (Å²) in [4.78, 5) is 12.9. The second-order valence-corrected chi connectivity index (χ2v) is 6.99. The van der Waals surface area contributed by atoms with Crippen molar-refractivity contribution in [2.24, 2.45) is 0 Å². The zero-order valence-corrected chi connectivity index (χ0v) is 16.9. The molecule has 3 aromatic rings. The minimum atomic E-state index is -0.396. The third-order valence-electron chi connectivity index (χ3n) is 5.54. The van der Waals surface area contributed by atoms with E-state index in [9.17, 15) is 9.90 Å². The second kappa shape index (κ2) is 7.20. The van der Waals surface area contributed by atoms with Gasteiger partial charge in [-0.2, -0.15) is 0 Å². The molecular weight excluding hydrogens is 370 g/mol. The molecule has 2 heterocycles. The molecule has 1 aromatic heterocycles. The highest BCUT2D eigenvalue weighted by molar-refractivity contribution is 6.05. The number of carbonyl (C=O) groups excluding carboxylic acids is 1. The minimum absolute atomic E-state index is 0.178. The van der Waals surface area contributed by atoms with Crippen LogP contribution in [0.3, 0.4) is 0 Å². The average molecular weight is 393 g/mol.